The third-order valence-corrected chi connectivity index (χ3v) is 5.01. The maximum absolute atomic E-state index is 11.5. The number of hydrogen-bond acceptors (Lipinski definition) is 4. The third kappa shape index (κ3) is 3.59. The summed E-state index contributed by atoms with van der Waals surface area (Å²) < 4.78 is 5.57. The molecular weight excluding hydrogens is 340 g/mol. The van der Waals surface area contributed by atoms with E-state index >= 15 is 0 Å². The molecule has 0 saturated carbocycles. The predicted molar refractivity (Wildman–Crippen MR) is 106 cm³/mol. The van der Waals surface area contributed by atoms with Crippen LogP contribution in [0.2, 0.25) is 0 Å². The third-order valence-electron chi connectivity index (χ3n) is 5.01. The van der Waals surface area contributed by atoms with E-state index < -0.39 is 0 Å². The van der Waals surface area contributed by atoms with Crippen molar-refractivity contribution in [2.45, 2.75) is 19.9 Å². The quantitative estimate of drug-likeness (QED) is 0.746. The van der Waals surface area contributed by atoms with Gasteiger partial charge in [0.2, 0.25) is 5.91 Å². The van der Waals surface area contributed by atoms with E-state index in [1.807, 2.05) is 36.5 Å². The summed E-state index contributed by atoms with van der Waals surface area (Å²) in [7, 11) is 0. The number of carbonyl (C=O) groups excluding carboxylic acids is 1. The lowest BCUT2D eigenvalue weighted by molar-refractivity contribution is -0.114. The molecule has 6 heteroatoms. The van der Waals surface area contributed by atoms with Gasteiger partial charge in [0.15, 0.2) is 0 Å². The molecular formula is C21H24N4O2. The first kappa shape index (κ1) is 17.7. The average molecular weight is 364 g/mol. The zero-order valence-electron chi connectivity index (χ0n) is 15.7. The van der Waals surface area contributed by atoms with E-state index in [0.29, 0.717) is 0 Å². The van der Waals surface area contributed by atoms with Crippen molar-refractivity contribution in [2.24, 2.45) is 0 Å². The summed E-state index contributed by atoms with van der Waals surface area (Å²) in [6.07, 6.45) is 1.84. The molecule has 2 N–H and O–H groups in total. The molecule has 1 fully saturated rings. The molecule has 27 heavy (non-hydrogen) atoms. The minimum atomic E-state index is -0.0717. The molecule has 0 spiro atoms. The van der Waals surface area contributed by atoms with Gasteiger partial charge in [-0.25, -0.2) is 0 Å². The van der Waals surface area contributed by atoms with Gasteiger partial charge in [-0.2, -0.15) is 0 Å². The van der Waals surface area contributed by atoms with Crippen molar-refractivity contribution in [2.75, 3.05) is 31.6 Å². The van der Waals surface area contributed by atoms with E-state index in [-0.39, 0.29) is 11.9 Å². The molecule has 2 aromatic heterocycles. The van der Waals surface area contributed by atoms with Gasteiger partial charge in [0.1, 0.15) is 0 Å². The van der Waals surface area contributed by atoms with Gasteiger partial charge in [-0.3, -0.25) is 14.7 Å². The minimum absolute atomic E-state index is 0.0384. The van der Waals surface area contributed by atoms with E-state index in [2.05, 4.69) is 33.2 Å². The number of fused-ring (bicyclic) bond motifs is 1. The number of aryl methyl sites for hydroxylation is 1. The van der Waals surface area contributed by atoms with Gasteiger partial charge < -0.3 is 15.0 Å². The standard InChI is InChI=1S/C21H24N4O2/c1-14-20(17-13-16(24-15(2)26)6-7-18(17)23-14)21(19-5-3-4-8-22-19)25-9-11-27-12-10-25/h3-8,13,21,23H,9-12H2,1-2H3,(H,24,26)/t21-/m0/s1. The number of H-pyrrole nitrogens is 1. The molecule has 3 aromatic rings. The monoisotopic (exact) mass is 364 g/mol. The number of amides is 1. The molecule has 0 bridgehead atoms. The molecule has 140 valence electrons. The lowest BCUT2D eigenvalue weighted by Crippen LogP contribution is -2.40. The van der Waals surface area contributed by atoms with Crippen LogP contribution >= 0.6 is 0 Å². The number of rotatable bonds is 4. The summed E-state index contributed by atoms with van der Waals surface area (Å²) >= 11 is 0. The van der Waals surface area contributed by atoms with E-state index in [1.54, 1.807) is 0 Å². The first-order valence-corrected chi connectivity index (χ1v) is 9.26. The molecule has 6 nitrogen and oxygen atoms in total. The zero-order valence-corrected chi connectivity index (χ0v) is 15.7. The Kier molecular flexibility index (Phi) is 4.92. The van der Waals surface area contributed by atoms with Crippen LogP contribution in [0, 0.1) is 6.92 Å². The van der Waals surface area contributed by atoms with Gasteiger partial charge in [-0.1, -0.05) is 6.07 Å². The number of benzene rings is 1. The Morgan fingerprint density at radius 1 is 1.26 bits per heavy atom. The highest BCUT2D eigenvalue weighted by atomic mass is 16.5. The SMILES string of the molecule is CC(=O)Nc1ccc2[nH]c(C)c([C@H](c3ccccn3)N3CCOCC3)c2c1. The molecule has 1 amide bonds. The molecule has 1 saturated heterocycles. The number of pyridine rings is 1. The highest BCUT2D eigenvalue weighted by molar-refractivity contribution is 5.94. The Morgan fingerprint density at radius 3 is 2.78 bits per heavy atom. The summed E-state index contributed by atoms with van der Waals surface area (Å²) in [6, 6.07) is 12.1. The molecule has 0 aliphatic carbocycles. The van der Waals surface area contributed by atoms with E-state index in [0.717, 1.165) is 54.3 Å². The molecule has 1 atom stereocenters. The Hall–Kier alpha value is -2.70. The van der Waals surface area contributed by atoms with E-state index in [9.17, 15) is 4.79 Å². The number of ether oxygens (including phenoxy) is 1. The Morgan fingerprint density at radius 2 is 2.07 bits per heavy atom. The van der Waals surface area contributed by atoms with Gasteiger partial charge >= 0.3 is 0 Å². The van der Waals surface area contributed by atoms with Crippen molar-refractivity contribution >= 4 is 22.5 Å². The fraction of sp³-hybridized carbons (Fsp3) is 0.333. The molecule has 1 aliphatic heterocycles. The summed E-state index contributed by atoms with van der Waals surface area (Å²) in [5.41, 5.74) is 5.21. The molecule has 1 aliphatic rings. The van der Waals surface area contributed by atoms with Crippen molar-refractivity contribution in [3.8, 4) is 0 Å². The number of aromatic amines is 1. The number of nitrogens with one attached hydrogen (secondary N) is 2. The predicted octanol–water partition coefficient (Wildman–Crippen LogP) is 3.25. The second kappa shape index (κ2) is 7.50. The van der Waals surface area contributed by atoms with Crippen LogP contribution in [0.1, 0.15) is 29.9 Å². The number of nitrogens with zero attached hydrogens (tertiary/aromatic N) is 2. The molecule has 1 aromatic carbocycles. The van der Waals surface area contributed by atoms with Crippen molar-refractivity contribution < 1.29 is 9.53 Å². The topological polar surface area (TPSA) is 70.2 Å². The van der Waals surface area contributed by atoms with Gasteiger partial charge in [0.05, 0.1) is 24.9 Å². The van der Waals surface area contributed by atoms with Gasteiger partial charge in [-0.05, 0) is 37.3 Å². The summed E-state index contributed by atoms with van der Waals surface area (Å²) in [5.74, 6) is -0.0717. The number of aromatic nitrogens is 2. The van der Waals surface area contributed by atoms with Crippen LogP contribution in [-0.2, 0) is 9.53 Å². The minimum Gasteiger partial charge on any atom is -0.379 e. The van der Waals surface area contributed by atoms with Crippen LogP contribution in [0.25, 0.3) is 10.9 Å². The van der Waals surface area contributed by atoms with Crippen LogP contribution in [0.5, 0.6) is 0 Å². The normalized spacial score (nSPS) is 16.4. The summed E-state index contributed by atoms with van der Waals surface area (Å²) in [6.45, 7) is 6.79. The van der Waals surface area contributed by atoms with E-state index in [4.69, 9.17) is 4.74 Å². The van der Waals surface area contributed by atoms with Crippen LogP contribution < -0.4 is 5.32 Å². The highest BCUT2D eigenvalue weighted by Gasteiger charge is 2.29. The van der Waals surface area contributed by atoms with Crippen LogP contribution in [-0.4, -0.2) is 47.1 Å². The fourth-order valence-electron chi connectivity index (χ4n) is 3.87. The van der Waals surface area contributed by atoms with Crippen molar-refractivity contribution in [3.05, 3.63) is 59.5 Å². The van der Waals surface area contributed by atoms with Crippen LogP contribution in [0.15, 0.2) is 42.6 Å². The molecule has 0 unspecified atom stereocenters. The Bertz CT molecular complexity index is 945. The number of hydrogen-bond donors (Lipinski definition) is 2. The zero-order chi connectivity index (χ0) is 18.8. The van der Waals surface area contributed by atoms with Gasteiger partial charge in [0.25, 0.3) is 0 Å². The Labute approximate surface area is 158 Å². The van der Waals surface area contributed by atoms with Gasteiger partial charge in [0, 0.05) is 54.1 Å². The largest absolute Gasteiger partial charge is 0.379 e. The number of anilines is 1. The number of carbonyl (C=O) groups is 1. The van der Waals surface area contributed by atoms with Crippen molar-refractivity contribution in [1.29, 1.82) is 0 Å². The molecule has 3 heterocycles. The van der Waals surface area contributed by atoms with E-state index in [1.165, 1.54) is 12.5 Å². The Balaban J connectivity index is 1.86. The van der Waals surface area contributed by atoms with Crippen LogP contribution in [0.3, 0.4) is 0 Å². The number of morpholine rings is 1. The first-order chi connectivity index (χ1) is 13.1. The highest BCUT2D eigenvalue weighted by Crippen LogP contribution is 2.36. The van der Waals surface area contributed by atoms with Gasteiger partial charge in [-0.15, -0.1) is 0 Å². The lowest BCUT2D eigenvalue weighted by Gasteiger charge is -2.34. The smallest absolute Gasteiger partial charge is 0.221 e. The molecule has 0 radical (unpaired) electrons. The lowest BCUT2D eigenvalue weighted by atomic mass is 9.97. The second-order valence-corrected chi connectivity index (χ2v) is 6.91. The fourth-order valence-corrected chi connectivity index (χ4v) is 3.87. The van der Waals surface area contributed by atoms with Crippen molar-refractivity contribution in [3.63, 3.8) is 0 Å². The first-order valence-electron chi connectivity index (χ1n) is 9.26. The average Bonchev–Trinajstić information content (AvgIpc) is 2.99. The summed E-state index contributed by atoms with van der Waals surface area (Å²) in [5, 5.41) is 4.00. The maximum atomic E-state index is 11.5. The van der Waals surface area contributed by atoms with Crippen LogP contribution in [0.4, 0.5) is 5.69 Å². The maximum Gasteiger partial charge on any atom is 0.221 e. The second-order valence-electron chi connectivity index (χ2n) is 6.91. The van der Waals surface area contributed by atoms with Crippen molar-refractivity contribution in [1.82, 2.24) is 14.9 Å². The molecule has 4 rings (SSSR count). The summed E-state index contributed by atoms with van der Waals surface area (Å²) in [4.78, 5) is 22.1.